The van der Waals surface area contributed by atoms with Crippen molar-refractivity contribution in [2.75, 3.05) is 30.3 Å². The predicted octanol–water partition coefficient (Wildman–Crippen LogP) is 1.17. The first-order valence-electron chi connectivity index (χ1n) is 8.10. The van der Waals surface area contributed by atoms with Gasteiger partial charge in [-0.3, -0.25) is 4.79 Å². The van der Waals surface area contributed by atoms with Crippen LogP contribution in [-0.2, 0) is 4.79 Å². The number of fused-ring (bicyclic) bond motifs is 1. The molecular weight excluding hydrogens is 352 g/mol. The first kappa shape index (κ1) is 19.1. The Morgan fingerprint density at radius 2 is 2.13 bits per heavy atom. The average Bonchev–Trinajstić information content (AvgIpc) is 3.07. The molecule has 0 aromatic heterocycles. The zero-order valence-electron chi connectivity index (χ0n) is 13.2. The van der Waals surface area contributed by atoms with Crippen LogP contribution in [0.1, 0.15) is 25.7 Å². The van der Waals surface area contributed by atoms with Crippen LogP contribution in [0.15, 0.2) is 0 Å². The summed E-state index contributed by atoms with van der Waals surface area (Å²) in [5.41, 5.74) is 5.41. The van der Waals surface area contributed by atoms with Crippen molar-refractivity contribution >= 4 is 45.3 Å². The number of urea groups is 1. The van der Waals surface area contributed by atoms with Crippen molar-refractivity contribution in [2.24, 2.45) is 5.73 Å². The van der Waals surface area contributed by atoms with Gasteiger partial charge in [0.05, 0.1) is 12.1 Å². The molecular formula is C14H26N4O2S3. The minimum absolute atomic E-state index is 0.0350. The Bertz CT molecular complexity index is 400. The zero-order valence-corrected chi connectivity index (χ0v) is 15.7. The summed E-state index contributed by atoms with van der Waals surface area (Å²) in [6.45, 7) is 1.42. The molecule has 3 amide bonds. The van der Waals surface area contributed by atoms with E-state index in [1.807, 2.05) is 11.8 Å². The lowest BCUT2D eigenvalue weighted by atomic mass is 10.0. The Kier molecular flexibility index (Phi) is 8.78. The van der Waals surface area contributed by atoms with Crippen molar-refractivity contribution in [3.8, 4) is 0 Å². The quantitative estimate of drug-likeness (QED) is 0.245. The number of unbranched alkanes of at least 4 members (excludes halogenated alkanes) is 1. The number of carbonyl (C=O) groups is 2. The minimum Gasteiger partial charge on any atom is -0.355 e. The number of nitrogens with one attached hydrogen (secondary N) is 3. The molecule has 0 bridgehead atoms. The van der Waals surface area contributed by atoms with Crippen molar-refractivity contribution in [1.29, 1.82) is 0 Å². The SMILES string of the molecule is NCCSSCCNC(=O)CCCC[C@H]1SC[C@H]2NC(=O)N[C@@H]21. The summed E-state index contributed by atoms with van der Waals surface area (Å²) in [7, 11) is 3.50. The second-order valence-electron chi connectivity index (χ2n) is 5.65. The molecule has 0 radical (unpaired) electrons. The van der Waals surface area contributed by atoms with Crippen LogP contribution in [0.5, 0.6) is 0 Å². The first-order valence-corrected chi connectivity index (χ1v) is 11.6. The monoisotopic (exact) mass is 378 g/mol. The smallest absolute Gasteiger partial charge is 0.315 e. The summed E-state index contributed by atoms with van der Waals surface area (Å²) in [6, 6.07) is 0.520. The predicted molar refractivity (Wildman–Crippen MR) is 101 cm³/mol. The largest absolute Gasteiger partial charge is 0.355 e. The van der Waals surface area contributed by atoms with Crippen LogP contribution in [-0.4, -0.2) is 59.6 Å². The Morgan fingerprint density at radius 3 is 2.96 bits per heavy atom. The normalized spacial score (nSPS) is 25.8. The number of carbonyl (C=O) groups excluding carboxylic acids is 2. The molecule has 0 unspecified atom stereocenters. The summed E-state index contributed by atoms with van der Waals surface area (Å²) in [5, 5.41) is 9.39. The molecule has 0 aromatic carbocycles. The van der Waals surface area contributed by atoms with E-state index in [0.717, 1.165) is 43.1 Å². The minimum atomic E-state index is -0.0350. The van der Waals surface area contributed by atoms with Crippen LogP contribution in [0.4, 0.5) is 4.79 Å². The van der Waals surface area contributed by atoms with Gasteiger partial charge in [0.25, 0.3) is 0 Å². The number of hydrogen-bond donors (Lipinski definition) is 4. The molecule has 0 aliphatic carbocycles. The topological polar surface area (TPSA) is 96.2 Å². The van der Waals surface area contributed by atoms with E-state index in [1.54, 1.807) is 21.6 Å². The van der Waals surface area contributed by atoms with E-state index >= 15 is 0 Å². The van der Waals surface area contributed by atoms with E-state index in [2.05, 4.69) is 16.0 Å². The highest BCUT2D eigenvalue weighted by Gasteiger charge is 2.42. The molecule has 2 aliphatic rings. The molecule has 2 heterocycles. The molecule has 3 atom stereocenters. The van der Waals surface area contributed by atoms with Gasteiger partial charge < -0.3 is 21.7 Å². The van der Waals surface area contributed by atoms with Crippen molar-refractivity contribution in [3.63, 3.8) is 0 Å². The summed E-state index contributed by atoms with van der Waals surface area (Å²) < 4.78 is 0. The van der Waals surface area contributed by atoms with Gasteiger partial charge in [-0.05, 0) is 12.8 Å². The molecule has 5 N–H and O–H groups in total. The van der Waals surface area contributed by atoms with Crippen molar-refractivity contribution < 1.29 is 9.59 Å². The number of thioether (sulfide) groups is 1. The van der Waals surface area contributed by atoms with E-state index in [4.69, 9.17) is 5.73 Å². The van der Waals surface area contributed by atoms with Crippen LogP contribution >= 0.6 is 33.3 Å². The van der Waals surface area contributed by atoms with E-state index in [1.165, 1.54) is 0 Å². The maximum absolute atomic E-state index is 11.7. The van der Waals surface area contributed by atoms with Crippen LogP contribution < -0.4 is 21.7 Å². The molecule has 0 spiro atoms. The lowest BCUT2D eigenvalue weighted by Crippen LogP contribution is -2.36. The fourth-order valence-corrected chi connectivity index (χ4v) is 6.07. The molecule has 0 saturated carbocycles. The Hall–Kier alpha value is -0.250. The van der Waals surface area contributed by atoms with E-state index in [-0.39, 0.29) is 24.0 Å². The van der Waals surface area contributed by atoms with Gasteiger partial charge in [0.2, 0.25) is 5.91 Å². The third-order valence-electron chi connectivity index (χ3n) is 3.87. The maximum atomic E-state index is 11.7. The highest BCUT2D eigenvalue weighted by atomic mass is 33.1. The highest BCUT2D eigenvalue weighted by molar-refractivity contribution is 8.76. The van der Waals surface area contributed by atoms with Gasteiger partial charge in [-0.25, -0.2) is 4.79 Å². The lowest BCUT2D eigenvalue weighted by Gasteiger charge is -2.16. The van der Waals surface area contributed by atoms with Gasteiger partial charge in [-0.1, -0.05) is 28.0 Å². The van der Waals surface area contributed by atoms with Gasteiger partial charge >= 0.3 is 6.03 Å². The Morgan fingerprint density at radius 1 is 1.30 bits per heavy atom. The van der Waals surface area contributed by atoms with Crippen LogP contribution in [0.2, 0.25) is 0 Å². The number of rotatable bonds is 11. The second kappa shape index (κ2) is 10.6. The third kappa shape index (κ3) is 6.64. The fraction of sp³-hybridized carbons (Fsp3) is 0.857. The lowest BCUT2D eigenvalue weighted by molar-refractivity contribution is -0.121. The molecule has 132 valence electrons. The summed E-state index contributed by atoms with van der Waals surface area (Å²) in [5.74, 6) is 3.01. The molecule has 2 fully saturated rings. The van der Waals surface area contributed by atoms with E-state index in [9.17, 15) is 9.59 Å². The van der Waals surface area contributed by atoms with Crippen LogP contribution in [0, 0.1) is 0 Å². The van der Waals surface area contributed by atoms with Gasteiger partial charge in [0, 0.05) is 42.0 Å². The molecule has 9 heteroatoms. The molecule has 2 rings (SSSR count). The van der Waals surface area contributed by atoms with E-state index < -0.39 is 0 Å². The summed E-state index contributed by atoms with van der Waals surface area (Å²) in [4.78, 5) is 23.0. The number of amides is 3. The molecule has 0 aromatic rings. The zero-order chi connectivity index (χ0) is 16.5. The highest BCUT2D eigenvalue weighted by Crippen LogP contribution is 2.33. The molecule has 6 nitrogen and oxygen atoms in total. The second-order valence-corrected chi connectivity index (χ2v) is 9.62. The van der Waals surface area contributed by atoms with Gasteiger partial charge in [0.1, 0.15) is 0 Å². The average molecular weight is 379 g/mol. The van der Waals surface area contributed by atoms with Crippen LogP contribution in [0.3, 0.4) is 0 Å². The number of hydrogen-bond acceptors (Lipinski definition) is 6. The van der Waals surface area contributed by atoms with Crippen LogP contribution in [0.25, 0.3) is 0 Å². The maximum Gasteiger partial charge on any atom is 0.315 e. The van der Waals surface area contributed by atoms with Gasteiger partial charge in [0.15, 0.2) is 0 Å². The Labute approximate surface area is 150 Å². The van der Waals surface area contributed by atoms with Crippen molar-refractivity contribution in [1.82, 2.24) is 16.0 Å². The van der Waals surface area contributed by atoms with E-state index in [0.29, 0.717) is 18.2 Å². The van der Waals surface area contributed by atoms with Gasteiger partial charge in [-0.15, -0.1) is 0 Å². The molecule has 23 heavy (non-hydrogen) atoms. The summed E-state index contributed by atoms with van der Waals surface area (Å²) in [6.07, 6.45) is 3.60. The standard InChI is InChI=1S/C14H26N4O2S3/c15-5-7-22-23-8-6-16-12(19)4-2-1-3-11-13-10(9-21-11)17-14(20)18-13/h10-11,13H,1-9,15H2,(H,16,19)(H2,17,18,20)/t10-,11-,13+/m1/s1. The van der Waals surface area contributed by atoms with Crippen molar-refractivity contribution in [3.05, 3.63) is 0 Å². The fourth-order valence-electron chi connectivity index (χ4n) is 2.76. The third-order valence-corrected chi connectivity index (χ3v) is 7.82. The molecule has 2 aliphatic heterocycles. The summed E-state index contributed by atoms with van der Waals surface area (Å²) >= 11 is 1.93. The molecule has 2 saturated heterocycles. The van der Waals surface area contributed by atoms with Crippen molar-refractivity contribution in [2.45, 2.75) is 43.0 Å². The van der Waals surface area contributed by atoms with Gasteiger partial charge in [-0.2, -0.15) is 11.8 Å². The Balaban J connectivity index is 1.46. The first-order chi connectivity index (χ1) is 11.2. The number of nitrogens with two attached hydrogens (primary N) is 1.